The second-order valence-corrected chi connectivity index (χ2v) is 10.5. The molecule has 8 heteroatoms. The van der Waals surface area contributed by atoms with E-state index < -0.39 is 0 Å². The lowest BCUT2D eigenvalue weighted by Gasteiger charge is -2.28. The molecule has 2 saturated heterocycles. The zero-order valence-electron chi connectivity index (χ0n) is 23.8. The van der Waals surface area contributed by atoms with Crippen LogP contribution in [0.1, 0.15) is 76.3 Å². The average Bonchev–Trinajstić information content (AvgIpc) is 3.60. The van der Waals surface area contributed by atoms with E-state index in [0.29, 0.717) is 0 Å². The molecular weight excluding hydrogens is 508 g/mol. The molecule has 0 bridgehead atoms. The lowest BCUT2D eigenvalue weighted by molar-refractivity contribution is -0.111. The molecule has 2 aliphatic rings. The van der Waals surface area contributed by atoms with Crippen LogP contribution in [0.4, 0.5) is 9.59 Å². The summed E-state index contributed by atoms with van der Waals surface area (Å²) in [4.78, 5) is 38.9. The number of benzene rings is 2. The van der Waals surface area contributed by atoms with Gasteiger partial charge in [-0.1, -0.05) is 87.4 Å². The van der Waals surface area contributed by atoms with Gasteiger partial charge in [0.15, 0.2) is 0 Å². The Morgan fingerprint density at radius 3 is 1.68 bits per heavy atom. The largest absolute Gasteiger partial charge is 0.445 e. The van der Waals surface area contributed by atoms with Crippen molar-refractivity contribution in [2.24, 2.45) is 0 Å². The highest BCUT2D eigenvalue weighted by Crippen LogP contribution is 2.28. The number of rotatable bonds is 10. The Morgan fingerprint density at radius 2 is 1.20 bits per heavy atom. The lowest BCUT2D eigenvalue weighted by Crippen LogP contribution is -2.43. The van der Waals surface area contributed by atoms with E-state index in [0.717, 1.165) is 68.8 Å². The van der Waals surface area contributed by atoms with Crippen LogP contribution in [-0.4, -0.2) is 64.2 Å². The number of amides is 2. The van der Waals surface area contributed by atoms with E-state index in [1.165, 1.54) is 0 Å². The van der Waals surface area contributed by atoms with Gasteiger partial charge in [-0.15, -0.1) is 0 Å². The molecule has 0 spiro atoms. The van der Waals surface area contributed by atoms with Crippen molar-refractivity contribution in [2.45, 2.75) is 103 Å². The molecule has 2 aliphatic heterocycles. The molecule has 0 saturated carbocycles. The maximum atomic E-state index is 12.3. The van der Waals surface area contributed by atoms with Gasteiger partial charge in [0.1, 0.15) is 19.5 Å². The molecular formula is C32H44N2O6. The molecule has 2 heterocycles. The lowest BCUT2D eigenvalue weighted by atomic mass is 10.1. The molecule has 40 heavy (non-hydrogen) atoms. The second kappa shape index (κ2) is 16.7. The standard InChI is InChI=1S/C16H23NO3.C16H21NO3/c2*1-2-6-14-9-10-15(11-18)17(14)16(19)20-12-13-7-4-3-5-8-13/h3-5,7-8,14-15,18H,2,6,9-12H2,1H3;3-5,7-8,11,14-15H,2,6,9-10,12H2,1H3/t2*14-,15-/m11/s1. The Morgan fingerprint density at radius 1 is 0.750 bits per heavy atom. The van der Waals surface area contributed by atoms with Crippen molar-refractivity contribution in [3.05, 3.63) is 71.8 Å². The summed E-state index contributed by atoms with van der Waals surface area (Å²) in [6.07, 6.45) is 7.56. The van der Waals surface area contributed by atoms with Crippen LogP contribution in [0, 0.1) is 0 Å². The van der Waals surface area contributed by atoms with Crippen molar-refractivity contribution in [3.63, 3.8) is 0 Å². The predicted molar refractivity (Wildman–Crippen MR) is 154 cm³/mol. The molecule has 2 aromatic rings. The van der Waals surface area contributed by atoms with Gasteiger partial charge in [0.25, 0.3) is 0 Å². The number of nitrogens with zero attached hydrogens (tertiary/aromatic N) is 2. The van der Waals surface area contributed by atoms with Crippen LogP contribution < -0.4 is 0 Å². The molecule has 2 aromatic carbocycles. The van der Waals surface area contributed by atoms with Crippen LogP contribution >= 0.6 is 0 Å². The normalized spacial score (nSPS) is 21.9. The molecule has 2 amide bonds. The van der Waals surface area contributed by atoms with Gasteiger partial charge >= 0.3 is 12.2 Å². The van der Waals surface area contributed by atoms with E-state index in [4.69, 9.17) is 9.47 Å². The summed E-state index contributed by atoms with van der Waals surface area (Å²) in [7, 11) is 0. The number of carbonyl (C=O) groups excluding carboxylic acids is 3. The quantitative estimate of drug-likeness (QED) is 0.358. The monoisotopic (exact) mass is 552 g/mol. The molecule has 0 aromatic heterocycles. The topological polar surface area (TPSA) is 96.4 Å². The van der Waals surface area contributed by atoms with Crippen molar-refractivity contribution in [1.29, 1.82) is 0 Å². The van der Waals surface area contributed by atoms with Crippen molar-refractivity contribution in [3.8, 4) is 0 Å². The van der Waals surface area contributed by atoms with Crippen molar-refractivity contribution in [1.82, 2.24) is 9.80 Å². The first-order valence-corrected chi connectivity index (χ1v) is 14.6. The summed E-state index contributed by atoms with van der Waals surface area (Å²) in [6, 6.07) is 19.2. The summed E-state index contributed by atoms with van der Waals surface area (Å²) >= 11 is 0. The van der Waals surface area contributed by atoms with Crippen LogP contribution in [0.5, 0.6) is 0 Å². The maximum absolute atomic E-state index is 12.3. The Bertz CT molecular complexity index is 1030. The Kier molecular flexibility index (Phi) is 13.0. The van der Waals surface area contributed by atoms with Crippen molar-refractivity contribution < 1.29 is 29.0 Å². The highest BCUT2D eigenvalue weighted by molar-refractivity contribution is 5.74. The van der Waals surface area contributed by atoms with E-state index in [2.05, 4.69) is 13.8 Å². The first-order valence-electron chi connectivity index (χ1n) is 14.6. The number of likely N-dealkylation sites (tertiary alicyclic amines) is 2. The SMILES string of the molecule is CCC[C@@H]1CC[C@H](C=O)N1C(=O)OCc1ccccc1.CCC[C@@H]1CC[C@H](CO)N1C(=O)OCc1ccccc1. The first-order chi connectivity index (χ1) is 19.5. The summed E-state index contributed by atoms with van der Waals surface area (Å²) in [5, 5.41) is 9.41. The van der Waals surface area contributed by atoms with Crippen LogP contribution in [0.2, 0.25) is 0 Å². The van der Waals surface area contributed by atoms with Gasteiger partial charge in [0, 0.05) is 12.1 Å². The van der Waals surface area contributed by atoms with E-state index in [9.17, 15) is 19.5 Å². The fourth-order valence-corrected chi connectivity index (χ4v) is 5.59. The van der Waals surface area contributed by atoms with Gasteiger partial charge in [-0.25, -0.2) is 9.59 Å². The van der Waals surface area contributed by atoms with E-state index in [-0.39, 0.29) is 56.2 Å². The van der Waals surface area contributed by atoms with Gasteiger partial charge < -0.3 is 19.4 Å². The van der Waals surface area contributed by atoms with Gasteiger partial charge in [-0.2, -0.15) is 0 Å². The molecule has 4 rings (SSSR count). The number of aldehydes is 1. The number of ether oxygens (including phenoxy) is 2. The van der Waals surface area contributed by atoms with E-state index in [1.807, 2.05) is 60.7 Å². The minimum absolute atomic E-state index is 0.0145. The van der Waals surface area contributed by atoms with E-state index in [1.54, 1.807) is 9.80 Å². The first kappa shape index (κ1) is 31.1. The molecule has 8 nitrogen and oxygen atoms in total. The third-order valence-electron chi connectivity index (χ3n) is 7.61. The Hall–Kier alpha value is -3.39. The third-order valence-corrected chi connectivity index (χ3v) is 7.61. The average molecular weight is 553 g/mol. The fourth-order valence-electron chi connectivity index (χ4n) is 5.59. The minimum Gasteiger partial charge on any atom is -0.445 e. The fraction of sp³-hybridized carbons (Fsp3) is 0.531. The molecule has 1 N–H and O–H groups in total. The van der Waals surface area contributed by atoms with Gasteiger partial charge in [-0.05, 0) is 49.7 Å². The summed E-state index contributed by atoms with van der Waals surface area (Å²) in [5.41, 5.74) is 1.93. The maximum Gasteiger partial charge on any atom is 0.410 e. The number of aliphatic hydroxyl groups excluding tert-OH is 1. The molecule has 0 radical (unpaired) electrons. The zero-order valence-corrected chi connectivity index (χ0v) is 23.8. The summed E-state index contributed by atoms with van der Waals surface area (Å²) in [5.74, 6) is 0. The smallest absolute Gasteiger partial charge is 0.410 e. The third kappa shape index (κ3) is 8.81. The van der Waals surface area contributed by atoms with E-state index >= 15 is 0 Å². The molecule has 2 fully saturated rings. The van der Waals surface area contributed by atoms with Crippen molar-refractivity contribution >= 4 is 18.5 Å². The number of carbonyl (C=O) groups is 3. The second-order valence-electron chi connectivity index (χ2n) is 10.5. The zero-order chi connectivity index (χ0) is 28.7. The molecule has 0 unspecified atom stereocenters. The molecule has 218 valence electrons. The summed E-state index contributed by atoms with van der Waals surface area (Å²) < 4.78 is 10.7. The van der Waals surface area contributed by atoms with Crippen LogP contribution in [-0.2, 0) is 27.5 Å². The highest BCUT2D eigenvalue weighted by Gasteiger charge is 2.38. The minimum atomic E-state index is -0.373. The highest BCUT2D eigenvalue weighted by atomic mass is 16.6. The van der Waals surface area contributed by atoms with Crippen molar-refractivity contribution in [2.75, 3.05) is 6.61 Å². The van der Waals surface area contributed by atoms with Gasteiger partial charge in [-0.3, -0.25) is 9.80 Å². The number of hydrogen-bond donors (Lipinski definition) is 1. The summed E-state index contributed by atoms with van der Waals surface area (Å²) in [6.45, 7) is 4.75. The van der Waals surface area contributed by atoms with Gasteiger partial charge in [0.2, 0.25) is 0 Å². The molecule has 0 aliphatic carbocycles. The van der Waals surface area contributed by atoms with Crippen LogP contribution in [0.15, 0.2) is 60.7 Å². The predicted octanol–water partition coefficient (Wildman–Crippen LogP) is 6.10. The number of hydrogen-bond acceptors (Lipinski definition) is 6. The number of aliphatic hydroxyl groups is 1. The Labute approximate surface area is 238 Å². The van der Waals surface area contributed by atoms with Crippen LogP contribution in [0.3, 0.4) is 0 Å². The Balaban J connectivity index is 0.000000220. The van der Waals surface area contributed by atoms with Gasteiger partial charge in [0.05, 0.1) is 18.7 Å². The van der Waals surface area contributed by atoms with Crippen LogP contribution in [0.25, 0.3) is 0 Å². The molecule has 4 atom stereocenters.